The minimum Gasteiger partial charge on any atom is -0.461 e. The van der Waals surface area contributed by atoms with Crippen LogP contribution >= 0.6 is 11.6 Å². The molecule has 0 fully saturated rings. The minimum atomic E-state index is -0.410. The molecule has 0 saturated heterocycles. The normalized spacial score (nSPS) is 14.6. The van der Waals surface area contributed by atoms with Crippen LogP contribution in [0.25, 0.3) is 5.70 Å². The molecule has 5 heteroatoms. The van der Waals surface area contributed by atoms with E-state index in [4.69, 9.17) is 16.3 Å². The number of carbonyl (C=O) groups is 1. The van der Waals surface area contributed by atoms with Gasteiger partial charge in [0.15, 0.2) is 10.8 Å². The van der Waals surface area contributed by atoms with E-state index in [0.717, 1.165) is 18.5 Å². The van der Waals surface area contributed by atoms with Crippen LogP contribution in [-0.2, 0) is 4.74 Å². The number of carbonyl (C=O) groups excluding carboxylic acids is 1. The number of allylic oxidation sites excluding steroid dienone is 4. The summed E-state index contributed by atoms with van der Waals surface area (Å²) in [5.74, 6) is -0.410. The average molecular weight is 253 g/mol. The highest BCUT2D eigenvalue weighted by atomic mass is 35.5. The van der Waals surface area contributed by atoms with Crippen molar-refractivity contribution >= 4 is 23.3 Å². The van der Waals surface area contributed by atoms with E-state index in [1.54, 1.807) is 6.92 Å². The number of hydrogen-bond acceptors (Lipinski definition) is 3. The first-order valence-corrected chi connectivity index (χ1v) is 5.90. The number of ether oxygens (including phenoxy) is 1. The molecular weight excluding hydrogens is 240 g/mol. The SMILES string of the molecule is CCOC(=O)c1cc(Cl)nn1C1=CCCC=C1. The zero-order chi connectivity index (χ0) is 12.3. The maximum absolute atomic E-state index is 11.7. The highest BCUT2D eigenvalue weighted by molar-refractivity contribution is 6.29. The second-order valence-corrected chi connectivity index (χ2v) is 3.98. The molecule has 1 heterocycles. The molecule has 0 aromatic carbocycles. The van der Waals surface area contributed by atoms with Crippen LogP contribution in [0.5, 0.6) is 0 Å². The molecule has 0 spiro atoms. The van der Waals surface area contributed by atoms with Gasteiger partial charge in [-0.15, -0.1) is 0 Å². The lowest BCUT2D eigenvalue weighted by molar-refractivity contribution is 0.0516. The third-order valence-corrected chi connectivity index (χ3v) is 2.57. The molecule has 0 unspecified atom stereocenters. The predicted molar refractivity (Wildman–Crippen MR) is 65.8 cm³/mol. The summed E-state index contributed by atoms with van der Waals surface area (Å²) in [4.78, 5) is 11.7. The Balaban J connectivity index is 2.36. The van der Waals surface area contributed by atoms with Crippen molar-refractivity contribution in [2.24, 2.45) is 0 Å². The number of nitrogens with zero attached hydrogens (tertiary/aromatic N) is 2. The highest BCUT2D eigenvalue weighted by Gasteiger charge is 2.17. The molecule has 2 rings (SSSR count). The smallest absolute Gasteiger partial charge is 0.357 e. The molecule has 0 aliphatic heterocycles. The number of aromatic nitrogens is 2. The van der Waals surface area contributed by atoms with Crippen molar-refractivity contribution < 1.29 is 9.53 Å². The van der Waals surface area contributed by atoms with E-state index in [1.165, 1.54) is 10.7 Å². The Morgan fingerprint density at radius 2 is 2.41 bits per heavy atom. The van der Waals surface area contributed by atoms with Crippen LogP contribution in [0.4, 0.5) is 0 Å². The standard InChI is InChI=1S/C12H13ClN2O2/c1-2-17-12(16)10-8-11(13)14-15(10)9-6-4-3-5-7-9/h4,6-8H,2-3,5H2,1H3. The van der Waals surface area contributed by atoms with Crippen molar-refractivity contribution in [1.29, 1.82) is 0 Å². The molecule has 0 saturated carbocycles. The molecule has 0 radical (unpaired) electrons. The van der Waals surface area contributed by atoms with Gasteiger partial charge in [0.05, 0.1) is 12.3 Å². The van der Waals surface area contributed by atoms with Gasteiger partial charge in [-0.25, -0.2) is 9.48 Å². The number of halogens is 1. The molecule has 17 heavy (non-hydrogen) atoms. The first-order valence-electron chi connectivity index (χ1n) is 5.52. The quantitative estimate of drug-likeness (QED) is 0.777. The van der Waals surface area contributed by atoms with Gasteiger partial charge in [-0.05, 0) is 25.8 Å². The van der Waals surface area contributed by atoms with Gasteiger partial charge >= 0.3 is 5.97 Å². The fraction of sp³-hybridized carbons (Fsp3) is 0.333. The summed E-state index contributed by atoms with van der Waals surface area (Å²) in [7, 11) is 0. The third-order valence-electron chi connectivity index (χ3n) is 2.38. The summed E-state index contributed by atoms with van der Waals surface area (Å²) >= 11 is 5.84. The van der Waals surface area contributed by atoms with E-state index in [-0.39, 0.29) is 5.15 Å². The van der Waals surface area contributed by atoms with Crippen LogP contribution in [0.3, 0.4) is 0 Å². The average Bonchev–Trinajstić information content (AvgIpc) is 2.73. The largest absolute Gasteiger partial charge is 0.461 e. The summed E-state index contributed by atoms with van der Waals surface area (Å²) in [6.45, 7) is 2.09. The minimum absolute atomic E-state index is 0.285. The number of rotatable bonds is 3. The van der Waals surface area contributed by atoms with Crippen molar-refractivity contribution in [3.63, 3.8) is 0 Å². The third kappa shape index (κ3) is 2.58. The van der Waals surface area contributed by atoms with Crippen LogP contribution in [0.1, 0.15) is 30.3 Å². The zero-order valence-electron chi connectivity index (χ0n) is 9.52. The van der Waals surface area contributed by atoms with Gasteiger partial charge in [0, 0.05) is 6.07 Å². The summed E-state index contributed by atoms with van der Waals surface area (Å²) in [6, 6.07) is 1.52. The monoisotopic (exact) mass is 252 g/mol. The molecule has 0 bridgehead atoms. The molecule has 1 aromatic heterocycles. The van der Waals surface area contributed by atoms with Gasteiger partial charge in [-0.3, -0.25) is 0 Å². The fourth-order valence-corrected chi connectivity index (χ4v) is 1.84. The van der Waals surface area contributed by atoms with Crippen molar-refractivity contribution in [3.05, 3.63) is 35.1 Å². The molecule has 1 aliphatic rings. The van der Waals surface area contributed by atoms with Crippen LogP contribution in [0.2, 0.25) is 5.15 Å². The van der Waals surface area contributed by atoms with Crippen molar-refractivity contribution in [1.82, 2.24) is 9.78 Å². The first kappa shape index (κ1) is 11.9. The van der Waals surface area contributed by atoms with Crippen molar-refractivity contribution in [2.75, 3.05) is 6.61 Å². The number of hydrogen-bond donors (Lipinski definition) is 0. The Hall–Kier alpha value is -1.55. The van der Waals surface area contributed by atoms with Gasteiger partial charge in [0.1, 0.15) is 0 Å². The lowest BCUT2D eigenvalue weighted by atomic mass is 10.1. The lowest BCUT2D eigenvalue weighted by Gasteiger charge is -2.10. The van der Waals surface area contributed by atoms with E-state index in [1.807, 2.05) is 18.2 Å². The molecule has 1 aromatic rings. The Kier molecular flexibility index (Phi) is 3.64. The maximum Gasteiger partial charge on any atom is 0.357 e. The summed E-state index contributed by atoms with van der Waals surface area (Å²) in [6.07, 6.45) is 7.93. The van der Waals surface area contributed by atoms with Gasteiger partial charge < -0.3 is 4.74 Å². The summed E-state index contributed by atoms with van der Waals surface area (Å²) in [5, 5.41) is 4.38. The van der Waals surface area contributed by atoms with E-state index in [0.29, 0.717) is 12.3 Å². The Labute approximate surface area is 105 Å². The Bertz CT molecular complexity index is 489. The van der Waals surface area contributed by atoms with Gasteiger partial charge in [-0.2, -0.15) is 5.10 Å². The summed E-state index contributed by atoms with van der Waals surface area (Å²) in [5.41, 5.74) is 1.21. The molecule has 4 nitrogen and oxygen atoms in total. The van der Waals surface area contributed by atoms with Gasteiger partial charge in [-0.1, -0.05) is 23.8 Å². The van der Waals surface area contributed by atoms with Crippen LogP contribution < -0.4 is 0 Å². The van der Waals surface area contributed by atoms with E-state index in [2.05, 4.69) is 5.10 Å². The molecule has 0 atom stereocenters. The molecule has 90 valence electrons. The maximum atomic E-state index is 11.7. The first-order chi connectivity index (χ1) is 8.22. The number of esters is 1. The summed E-state index contributed by atoms with van der Waals surface area (Å²) < 4.78 is 6.49. The Morgan fingerprint density at radius 3 is 3.06 bits per heavy atom. The second-order valence-electron chi connectivity index (χ2n) is 3.59. The van der Waals surface area contributed by atoms with Crippen molar-refractivity contribution in [2.45, 2.75) is 19.8 Å². The van der Waals surface area contributed by atoms with Crippen LogP contribution in [0.15, 0.2) is 24.3 Å². The zero-order valence-corrected chi connectivity index (χ0v) is 10.3. The highest BCUT2D eigenvalue weighted by Crippen LogP contribution is 2.20. The molecular formula is C12H13ClN2O2. The van der Waals surface area contributed by atoms with Gasteiger partial charge in [0.2, 0.25) is 0 Å². The molecule has 0 amide bonds. The topological polar surface area (TPSA) is 44.1 Å². The van der Waals surface area contributed by atoms with Crippen LogP contribution in [-0.4, -0.2) is 22.4 Å². The van der Waals surface area contributed by atoms with Crippen molar-refractivity contribution in [3.8, 4) is 0 Å². The van der Waals surface area contributed by atoms with E-state index < -0.39 is 5.97 Å². The Morgan fingerprint density at radius 1 is 1.59 bits per heavy atom. The van der Waals surface area contributed by atoms with E-state index in [9.17, 15) is 4.79 Å². The lowest BCUT2D eigenvalue weighted by Crippen LogP contribution is -2.12. The molecule has 0 N–H and O–H groups in total. The fourth-order valence-electron chi connectivity index (χ4n) is 1.66. The van der Waals surface area contributed by atoms with E-state index >= 15 is 0 Å². The predicted octanol–water partition coefficient (Wildman–Crippen LogP) is 2.90. The second kappa shape index (κ2) is 5.19. The molecule has 1 aliphatic carbocycles. The van der Waals surface area contributed by atoms with Crippen LogP contribution in [0, 0.1) is 0 Å². The van der Waals surface area contributed by atoms with Gasteiger partial charge in [0.25, 0.3) is 0 Å².